The summed E-state index contributed by atoms with van der Waals surface area (Å²) in [6.45, 7) is 10.0. The van der Waals surface area contributed by atoms with Crippen LogP contribution in [-0.4, -0.2) is 71.8 Å². The third kappa shape index (κ3) is 6.23. The molecule has 0 aliphatic carbocycles. The molecule has 1 N–H and O–H groups in total. The van der Waals surface area contributed by atoms with Gasteiger partial charge in [-0.15, -0.1) is 0 Å². The van der Waals surface area contributed by atoms with Gasteiger partial charge in [-0.05, 0) is 45.9 Å². The summed E-state index contributed by atoms with van der Waals surface area (Å²) in [6.07, 6.45) is 0.423. The van der Waals surface area contributed by atoms with Gasteiger partial charge in [-0.2, -0.15) is 0 Å². The molecule has 0 saturated carbocycles. The summed E-state index contributed by atoms with van der Waals surface area (Å²) in [7, 11) is 0. The highest BCUT2D eigenvalue weighted by atomic mass is 16.5. The van der Waals surface area contributed by atoms with Crippen LogP contribution < -0.4 is 0 Å². The van der Waals surface area contributed by atoms with Crippen molar-refractivity contribution in [2.24, 2.45) is 0 Å². The molecule has 1 atom stereocenters. The Hall–Kier alpha value is -1.43. The summed E-state index contributed by atoms with van der Waals surface area (Å²) in [4.78, 5) is 16.7. The average molecular weight is 334 g/mol. The van der Waals surface area contributed by atoms with Gasteiger partial charge >= 0.3 is 0 Å². The van der Waals surface area contributed by atoms with Gasteiger partial charge in [0, 0.05) is 31.7 Å². The van der Waals surface area contributed by atoms with E-state index in [1.165, 1.54) is 0 Å². The van der Waals surface area contributed by atoms with Gasteiger partial charge in [0.15, 0.2) is 0 Å². The Bertz CT molecular complexity index is 513. The summed E-state index contributed by atoms with van der Waals surface area (Å²) in [6, 6.07) is 9.42. The van der Waals surface area contributed by atoms with Gasteiger partial charge in [-0.25, -0.2) is 0 Å². The van der Waals surface area contributed by atoms with E-state index >= 15 is 0 Å². The number of aliphatic hydroxyl groups is 1. The van der Waals surface area contributed by atoms with E-state index < -0.39 is 6.10 Å². The lowest BCUT2D eigenvalue weighted by Gasteiger charge is -2.26. The Labute approximate surface area is 145 Å². The Morgan fingerprint density at radius 3 is 2.54 bits per heavy atom. The third-order valence-electron chi connectivity index (χ3n) is 4.07. The van der Waals surface area contributed by atoms with Crippen LogP contribution in [0.25, 0.3) is 0 Å². The van der Waals surface area contributed by atoms with E-state index in [0.717, 1.165) is 31.6 Å². The maximum Gasteiger partial charge on any atom is 0.253 e. The number of ether oxygens (including phenoxy) is 1. The van der Waals surface area contributed by atoms with Gasteiger partial charge in [0.1, 0.15) is 0 Å². The summed E-state index contributed by atoms with van der Waals surface area (Å²) in [5.74, 6) is 0.0917. The van der Waals surface area contributed by atoms with Crippen molar-refractivity contribution >= 4 is 5.91 Å². The van der Waals surface area contributed by atoms with E-state index in [-0.39, 0.29) is 11.5 Å². The van der Waals surface area contributed by atoms with Gasteiger partial charge in [0.25, 0.3) is 5.91 Å². The lowest BCUT2D eigenvalue weighted by molar-refractivity contribution is -0.0558. The zero-order chi connectivity index (χ0) is 17.6. The van der Waals surface area contributed by atoms with E-state index in [2.05, 4.69) is 4.90 Å². The first-order valence-corrected chi connectivity index (χ1v) is 8.74. The van der Waals surface area contributed by atoms with Crippen molar-refractivity contribution in [2.75, 3.05) is 39.3 Å². The highest BCUT2D eigenvalue weighted by Crippen LogP contribution is 2.11. The third-order valence-corrected chi connectivity index (χ3v) is 4.07. The zero-order valence-electron chi connectivity index (χ0n) is 15.1. The second-order valence-corrected chi connectivity index (χ2v) is 7.39. The molecule has 24 heavy (non-hydrogen) atoms. The highest BCUT2D eigenvalue weighted by molar-refractivity contribution is 5.94. The molecule has 2 rings (SSSR count). The molecule has 0 bridgehead atoms. The van der Waals surface area contributed by atoms with Gasteiger partial charge in [0.2, 0.25) is 0 Å². The largest absolute Gasteiger partial charge is 0.389 e. The Kier molecular flexibility index (Phi) is 6.78. The van der Waals surface area contributed by atoms with Gasteiger partial charge in [0.05, 0.1) is 18.3 Å². The lowest BCUT2D eigenvalue weighted by Crippen LogP contribution is -2.39. The molecule has 5 heteroatoms. The van der Waals surface area contributed by atoms with Crippen molar-refractivity contribution < 1.29 is 14.6 Å². The van der Waals surface area contributed by atoms with Crippen LogP contribution in [0.5, 0.6) is 0 Å². The Balaban J connectivity index is 1.81. The molecule has 1 unspecified atom stereocenters. The molecule has 1 aromatic rings. The molecule has 5 nitrogen and oxygen atoms in total. The van der Waals surface area contributed by atoms with Crippen molar-refractivity contribution in [1.29, 1.82) is 0 Å². The van der Waals surface area contributed by atoms with Crippen LogP contribution in [0.4, 0.5) is 0 Å². The molecule has 1 heterocycles. The van der Waals surface area contributed by atoms with E-state index in [1.807, 2.05) is 56.0 Å². The van der Waals surface area contributed by atoms with Crippen LogP contribution in [0.3, 0.4) is 0 Å². The Morgan fingerprint density at radius 1 is 1.17 bits per heavy atom. The minimum absolute atomic E-state index is 0.0917. The molecule has 1 amide bonds. The van der Waals surface area contributed by atoms with E-state index in [1.54, 1.807) is 0 Å². The van der Waals surface area contributed by atoms with Crippen LogP contribution in [0.15, 0.2) is 30.3 Å². The molecule has 1 saturated heterocycles. The maximum absolute atomic E-state index is 12.5. The molecular formula is C19H30N2O3. The minimum Gasteiger partial charge on any atom is -0.389 e. The van der Waals surface area contributed by atoms with Crippen molar-refractivity contribution in [3.05, 3.63) is 35.9 Å². The molecule has 1 aliphatic rings. The maximum atomic E-state index is 12.5. The summed E-state index contributed by atoms with van der Waals surface area (Å²) < 4.78 is 5.64. The van der Waals surface area contributed by atoms with E-state index in [4.69, 9.17) is 4.74 Å². The van der Waals surface area contributed by atoms with E-state index in [0.29, 0.717) is 19.7 Å². The first-order chi connectivity index (χ1) is 11.3. The van der Waals surface area contributed by atoms with Crippen LogP contribution >= 0.6 is 0 Å². The number of amides is 1. The minimum atomic E-state index is -0.499. The Morgan fingerprint density at radius 2 is 1.88 bits per heavy atom. The van der Waals surface area contributed by atoms with Crippen molar-refractivity contribution in [3.8, 4) is 0 Å². The highest BCUT2D eigenvalue weighted by Gasteiger charge is 2.22. The molecular weight excluding hydrogens is 304 g/mol. The van der Waals surface area contributed by atoms with Gasteiger partial charge in [-0.3, -0.25) is 9.69 Å². The number of carbonyl (C=O) groups is 1. The smallest absolute Gasteiger partial charge is 0.253 e. The number of aliphatic hydroxyl groups excluding tert-OH is 1. The van der Waals surface area contributed by atoms with Gasteiger partial charge in [-0.1, -0.05) is 18.2 Å². The van der Waals surface area contributed by atoms with Crippen molar-refractivity contribution in [3.63, 3.8) is 0 Å². The van der Waals surface area contributed by atoms with Crippen LogP contribution in [0.1, 0.15) is 37.6 Å². The normalized spacial score (nSPS) is 18.2. The zero-order valence-corrected chi connectivity index (χ0v) is 15.1. The number of nitrogens with zero attached hydrogens (tertiary/aromatic N) is 2. The number of β-amino-alcohol motifs (C(OH)–C–C–N with tert-alkyl or cyclic N) is 1. The molecule has 0 radical (unpaired) electrons. The predicted octanol–water partition coefficient (Wildman–Crippen LogP) is 2.01. The summed E-state index contributed by atoms with van der Waals surface area (Å²) in [5.41, 5.74) is 0.503. The number of hydrogen-bond acceptors (Lipinski definition) is 4. The lowest BCUT2D eigenvalue weighted by atomic mass is 10.2. The van der Waals surface area contributed by atoms with Gasteiger partial charge < -0.3 is 14.7 Å². The van der Waals surface area contributed by atoms with Crippen LogP contribution in [0.2, 0.25) is 0 Å². The molecule has 1 aromatic carbocycles. The fourth-order valence-electron chi connectivity index (χ4n) is 2.82. The number of benzene rings is 1. The fraction of sp³-hybridized carbons (Fsp3) is 0.632. The molecule has 1 fully saturated rings. The predicted molar refractivity (Wildman–Crippen MR) is 95.1 cm³/mol. The first kappa shape index (κ1) is 18.9. The first-order valence-electron chi connectivity index (χ1n) is 8.74. The quantitative estimate of drug-likeness (QED) is 0.895. The van der Waals surface area contributed by atoms with Crippen molar-refractivity contribution in [2.45, 2.75) is 38.9 Å². The number of carbonyl (C=O) groups excluding carboxylic acids is 1. The summed E-state index contributed by atoms with van der Waals surface area (Å²) in [5, 5.41) is 10.2. The SMILES string of the molecule is CC(C)(C)OCC(O)CN1CCCN(C(=O)c2ccccc2)CC1. The monoisotopic (exact) mass is 334 g/mol. The topological polar surface area (TPSA) is 53.0 Å². The van der Waals surface area contributed by atoms with Crippen molar-refractivity contribution in [1.82, 2.24) is 9.80 Å². The number of hydrogen-bond donors (Lipinski definition) is 1. The molecule has 0 aromatic heterocycles. The molecule has 134 valence electrons. The average Bonchev–Trinajstić information content (AvgIpc) is 2.78. The summed E-state index contributed by atoms with van der Waals surface area (Å²) >= 11 is 0. The molecule has 0 spiro atoms. The fourth-order valence-corrected chi connectivity index (χ4v) is 2.82. The molecule has 1 aliphatic heterocycles. The second kappa shape index (κ2) is 8.60. The van der Waals surface area contributed by atoms with E-state index in [9.17, 15) is 9.90 Å². The number of rotatable bonds is 5. The van der Waals surface area contributed by atoms with Crippen LogP contribution in [-0.2, 0) is 4.74 Å². The van der Waals surface area contributed by atoms with Crippen LogP contribution in [0, 0.1) is 0 Å². The second-order valence-electron chi connectivity index (χ2n) is 7.39. The standard InChI is InChI=1S/C19H30N2O3/c1-19(2,3)24-15-17(22)14-20-10-7-11-21(13-12-20)18(23)16-8-5-4-6-9-16/h4-6,8-9,17,22H,7,10-15H2,1-3H3.